The predicted octanol–water partition coefficient (Wildman–Crippen LogP) is 0.860. The van der Waals surface area contributed by atoms with Crippen molar-refractivity contribution in [3.63, 3.8) is 0 Å². The number of likely N-dealkylation sites (N-methyl/N-ethyl adjacent to an activating group) is 1. The SMILES string of the molecule is CN(Cc1ccccc1CN1CCCC1)C(=O)Cc1c[nH]c(=O)[nH]c1=O. The van der Waals surface area contributed by atoms with Crippen molar-refractivity contribution in [3.8, 4) is 0 Å². The Bertz CT molecular complexity index is 881. The average molecular weight is 356 g/mol. The topological polar surface area (TPSA) is 89.3 Å². The molecule has 0 spiro atoms. The molecule has 0 atom stereocenters. The van der Waals surface area contributed by atoms with Gasteiger partial charge in [-0.3, -0.25) is 19.5 Å². The Morgan fingerprint density at radius 2 is 1.81 bits per heavy atom. The molecule has 1 aliphatic rings. The van der Waals surface area contributed by atoms with Gasteiger partial charge in [-0.25, -0.2) is 4.79 Å². The van der Waals surface area contributed by atoms with E-state index in [2.05, 4.69) is 20.9 Å². The van der Waals surface area contributed by atoms with E-state index in [0.717, 1.165) is 25.2 Å². The molecule has 1 aliphatic heterocycles. The summed E-state index contributed by atoms with van der Waals surface area (Å²) in [6, 6.07) is 8.16. The number of likely N-dealkylation sites (tertiary alicyclic amines) is 1. The number of H-pyrrole nitrogens is 2. The average Bonchev–Trinajstić information content (AvgIpc) is 3.12. The Labute approximate surface area is 151 Å². The largest absolute Gasteiger partial charge is 0.341 e. The molecule has 1 fully saturated rings. The monoisotopic (exact) mass is 356 g/mol. The van der Waals surface area contributed by atoms with Crippen LogP contribution in [0.15, 0.2) is 40.1 Å². The van der Waals surface area contributed by atoms with Crippen LogP contribution in [0.3, 0.4) is 0 Å². The third kappa shape index (κ3) is 4.49. The van der Waals surface area contributed by atoms with E-state index in [4.69, 9.17) is 0 Å². The highest BCUT2D eigenvalue weighted by Crippen LogP contribution is 2.17. The van der Waals surface area contributed by atoms with Gasteiger partial charge in [-0.2, -0.15) is 0 Å². The van der Waals surface area contributed by atoms with Crippen LogP contribution in [0.4, 0.5) is 0 Å². The summed E-state index contributed by atoms with van der Waals surface area (Å²) in [4.78, 5) is 43.9. The number of carbonyl (C=O) groups excluding carboxylic acids is 1. The van der Waals surface area contributed by atoms with Crippen molar-refractivity contribution < 1.29 is 4.79 Å². The Morgan fingerprint density at radius 1 is 1.12 bits per heavy atom. The molecule has 1 saturated heterocycles. The fourth-order valence-corrected chi connectivity index (χ4v) is 3.26. The van der Waals surface area contributed by atoms with Gasteiger partial charge in [0.15, 0.2) is 0 Å². The second-order valence-corrected chi connectivity index (χ2v) is 6.78. The zero-order chi connectivity index (χ0) is 18.5. The van der Waals surface area contributed by atoms with Crippen molar-refractivity contribution in [2.45, 2.75) is 32.4 Å². The molecule has 26 heavy (non-hydrogen) atoms. The van der Waals surface area contributed by atoms with Gasteiger partial charge < -0.3 is 9.88 Å². The van der Waals surface area contributed by atoms with Crippen molar-refractivity contribution >= 4 is 5.91 Å². The van der Waals surface area contributed by atoms with E-state index >= 15 is 0 Å². The number of hydrogen-bond donors (Lipinski definition) is 2. The van der Waals surface area contributed by atoms with Gasteiger partial charge in [-0.15, -0.1) is 0 Å². The molecular weight excluding hydrogens is 332 g/mol. The molecule has 0 bridgehead atoms. The van der Waals surface area contributed by atoms with Crippen LogP contribution in [0, 0.1) is 0 Å². The second-order valence-electron chi connectivity index (χ2n) is 6.78. The van der Waals surface area contributed by atoms with Crippen LogP contribution < -0.4 is 11.2 Å². The molecule has 0 unspecified atom stereocenters. The van der Waals surface area contributed by atoms with Crippen molar-refractivity contribution in [2.75, 3.05) is 20.1 Å². The van der Waals surface area contributed by atoms with E-state index in [1.165, 1.54) is 24.6 Å². The quantitative estimate of drug-likeness (QED) is 0.803. The summed E-state index contributed by atoms with van der Waals surface area (Å²) < 4.78 is 0. The molecule has 2 heterocycles. The molecule has 2 N–H and O–H groups in total. The number of amides is 1. The summed E-state index contributed by atoms with van der Waals surface area (Å²) in [5, 5.41) is 0. The first-order chi connectivity index (χ1) is 12.5. The number of nitrogens with one attached hydrogen (secondary N) is 2. The van der Waals surface area contributed by atoms with Gasteiger partial charge in [0.2, 0.25) is 5.91 Å². The van der Waals surface area contributed by atoms with E-state index in [9.17, 15) is 14.4 Å². The Hall–Kier alpha value is -2.67. The molecule has 0 radical (unpaired) electrons. The van der Waals surface area contributed by atoms with Crippen LogP contribution in [0.1, 0.15) is 29.5 Å². The Morgan fingerprint density at radius 3 is 2.50 bits per heavy atom. The normalized spacial score (nSPS) is 14.5. The fraction of sp³-hybridized carbons (Fsp3) is 0.421. The van der Waals surface area contributed by atoms with Crippen LogP contribution in [-0.4, -0.2) is 45.8 Å². The van der Waals surface area contributed by atoms with Crippen molar-refractivity contribution in [1.82, 2.24) is 19.8 Å². The van der Waals surface area contributed by atoms with Gasteiger partial charge in [0.05, 0.1) is 6.42 Å². The Balaban J connectivity index is 1.67. The summed E-state index contributed by atoms with van der Waals surface area (Å²) in [5.74, 6) is -0.168. The number of benzene rings is 1. The van der Waals surface area contributed by atoms with Crippen LogP contribution >= 0.6 is 0 Å². The molecule has 3 rings (SSSR count). The second kappa shape index (κ2) is 8.14. The van der Waals surface area contributed by atoms with Gasteiger partial charge >= 0.3 is 5.69 Å². The predicted molar refractivity (Wildman–Crippen MR) is 98.8 cm³/mol. The standard InChI is InChI=1S/C19H24N4O3/c1-22(17(24)10-16-11-20-19(26)21-18(16)25)12-14-6-2-3-7-15(14)13-23-8-4-5-9-23/h2-3,6-7,11H,4-5,8-10,12-13H2,1H3,(H2,20,21,25,26). The number of aromatic amines is 2. The van der Waals surface area contributed by atoms with E-state index < -0.39 is 11.2 Å². The maximum absolute atomic E-state index is 12.5. The number of rotatable bonds is 6. The summed E-state index contributed by atoms with van der Waals surface area (Å²) in [7, 11) is 1.73. The van der Waals surface area contributed by atoms with Crippen LogP contribution in [0.2, 0.25) is 0 Å². The molecular formula is C19H24N4O3. The molecule has 1 amide bonds. The van der Waals surface area contributed by atoms with E-state index in [1.54, 1.807) is 11.9 Å². The van der Waals surface area contributed by atoms with Crippen molar-refractivity contribution in [2.24, 2.45) is 0 Å². The van der Waals surface area contributed by atoms with E-state index in [1.807, 2.05) is 18.2 Å². The summed E-state index contributed by atoms with van der Waals surface area (Å²) >= 11 is 0. The lowest BCUT2D eigenvalue weighted by Crippen LogP contribution is -2.32. The minimum atomic E-state index is -0.574. The van der Waals surface area contributed by atoms with E-state index in [-0.39, 0.29) is 17.9 Å². The lowest BCUT2D eigenvalue weighted by Gasteiger charge is -2.21. The lowest BCUT2D eigenvalue weighted by atomic mass is 10.1. The fourth-order valence-electron chi connectivity index (χ4n) is 3.26. The molecule has 1 aromatic heterocycles. The van der Waals surface area contributed by atoms with Gasteiger partial charge in [-0.05, 0) is 37.1 Å². The maximum atomic E-state index is 12.5. The van der Waals surface area contributed by atoms with E-state index in [0.29, 0.717) is 6.54 Å². The molecule has 1 aromatic carbocycles. The highest BCUT2D eigenvalue weighted by Gasteiger charge is 2.16. The first kappa shape index (κ1) is 18.1. The Kier molecular flexibility index (Phi) is 5.68. The minimum Gasteiger partial charge on any atom is -0.341 e. The third-order valence-electron chi connectivity index (χ3n) is 4.78. The summed E-state index contributed by atoms with van der Waals surface area (Å²) in [6.45, 7) is 3.64. The molecule has 0 saturated carbocycles. The zero-order valence-corrected chi connectivity index (χ0v) is 15.0. The number of nitrogens with zero attached hydrogens (tertiary/aromatic N) is 2. The van der Waals surface area contributed by atoms with Gasteiger partial charge in [0, 0.05) is 31.9 Å². The first-order valence-electron chi connectivity index (χ1n) is 8.87. The number of hydrogen-bond acceptors (Lipinski definition) is 4. The van der Waals surface area contributed by atoms with Crippen LogP contribution in [0.25, 0.3) is 0 Å². The molecule has 7 heteroatoms. The lowest BCUT2D eigenvalue weighted by molar-refractivity contribution is -0.129. The minimum absolute atomic E-state index is 0.0447. The van der Waals surface area contributed by atoms with Crippen molar-refractivity contribution in [1.29, 1.82) is 0 Å². The molecule has 7 nitrogen and oxygen atoms in total. The number of aromatic nitrogens is 2. The third-order valence-corrected chi connectivity index (χ3v) is 4.78. The smallest absolute Gasteiger partial charge is 0.325 e. The van der Waals surface area contributed by atoms with Crippen LogP contribution in [0.5, 0.6) is 0 Å². The zero-order valence-electron chi connectivity index (χ0n) is 15.0. The van der Waals surface area contributed by atoms with Gasteiger partial charge in [0.25, 0.3) is 5.56 Å². The first-order valence-corrected chi connectivity index (χ1v) is 8.87. The van der Waals surface area contributed by atoms with Crippen molar-refractivity contribution in [3.05, 3.63) is 68.0 Å². The highest BCUT2D eigenvalue weighted by atomic mass is 16.2. The van der Waals surface area contributed by atoms with Gasteiger partial charge in [0.1, 0.15) is 0 Å². The van der Waals surface area contributed by atoms with Gasteiger partial charge in [-0.1, -0.05) is 24.3 Å². The molecule has 2 aromatic rings. The number of carbonyl (C=O) groups is 1. The maximum Gasteiger partial charge on any atom is 0.325 e. The summed E-state index contributed by atoms with van der Waals surface area (Å²) in [6.07, 6.45) is 3.74. The molecule has 138 valence electrons. The molecule has 0 aliphatic carbocycles. The summed E-state index contributed by atoms with van der Waals surface area (Å²) in [5.41, 5.74) is 1.51. The highest BCUT2D eigenvalue weighted by molar-refractivity contribution is 5.78. The van der Waals surface area contributed by atoms with Crippen LogP contribution in [-0.2, 0) is 24.3 Å².